The number of nitrogens with zero attached hydrogens (tertiary/aromatic N) is 4. The first-order valence-corrected chi connectivity index (χ1v) is 8.22. The first-order valence-electron chi connectivity index (χ1n) is 8.22. The Labute approximate surface area is 150 Å². The van der Waals surface area contributed by atoms with Crippen LogP contribution in [0, 0.1) is 18.3 Å². The normalized spacial score (nSPS) is 12.3. The van der Waals surface area contributed by atoms with Crippen molar-refractivity contribution >= 4 is 22.9 Å². The summed E-state index contributed by atoms with van der Waals surface area (Å²) in [6.07, 6.45) is 4.81. The number of nitriles is 1. The van der Waals surface area contributed by atoms with Crippen molar-refractivity contribution in [3.63, 3.8) is 0 Å². The van der Waals surface area contributed by atoms with Gasteiger partial charge < -0.3 is 13.8 Å². The molecular formula is C19H18N4O3. The van der Waals surface area contributed by atoms with Crippen molar-refractivity contribution in [3.05, 3.63) is 53.8 Å². The molecule has 0 fully saturated rings. The second-order valence-electron chi connectivity index (χ2n) is 5.80. The lowest BCUT2D eigenvalue weighted by Gasteiger charge is -2.06. The SMILES string of the molecule is Cc1noc(C(C)OC(=O)C=Cc2cn(CCC#N)c3ccccc23)n1. The second-order valence-corrected chi connectivity index (χ2v) is 5.80. The molecule has 7 heteroatoms. The fourth-order valence-corrected chi connectivity index (χ4v) is 2.66. The Hall–Kier alpha value is -3.40. The minimum Gasteiger partial charge on any atom is -0.449 e. The Kier molecular flexibility index (Phi) is 5.13. The molecule has 0 aliphatic carbocycles. The highest BCUT2D eigenvalue weighted by Crippen LogP contribution is 2.23. The summed E-state index contributed by atoms with van der Waals surface area (Å²) in [7, 11) is 0. The smallest absolute Gasteiger partial charge is 0.331 e. The fraction of sp³-hybridized carbons (Fsp3) is 0.263. The number of aromatic nitrogens is 3. The number of aryl methyl sites for hydroxylation is 2. The van der Waals surface area contributed by atoms with Crippen LogP contribution < -0.4 is 0 Å². The molecule has 3 aromatic rings. The van der Waals surface area contributed by atoms with Gasteiger partial charge in [-0.3, -0.25) is 0 Å². The highest BCUT2D eigenvalue weighted by Gasteiger charge is 2.16. The molecule has 0 radical (unpaired) electrons. The third kappa shape index (κ3) is 3.81. The number of ether oxygens (including phenoxy) is 1. The average Bonchev–Trinajstić information content (AvgIpc) is 3.22. The molecule has 1 unspecified atom stereocenters. The van der Waals surface area contributed by atoms with Crippen LogP contribution in [0.5, 0.6) is 0 Å². The molecule has 0 saturated heterocycles. The quantitative estimate of drug-likeness (QED) is 0.498. The van der Waals surface area contributed by atoms with Gasteiger partial charge in [-0.15, -0.1) is 0 Å². The molecule has 0 amide bonds. The maximum Gasteiger partial charge on any atom is 0.331 e. The lowest BCUT2D eigenvalue weighted by molar-refractivity contribution is -0.143. The molecule has 26 heavy (non-hydrogen) atoms. The monoisotopic (exact) mass is 350 g/mol. The molecule has 3 rings (SSSR count). The van der Waals surface area contributed by atoms with Crippen molar-refractivity contribution in [1.82, 2.24) is 14.7 Å². The van der Waals surface area contributed by atoms with Crippen LogP contribution >= 0.6 is 0 Å². The number of fused-ring (bicyclic) bond motifs is 1. The largest absolute Gasteiger partial charge is 0.449 e. The summed E-state index contributed by atoms with van der Waals surface area (Å²) in [5.74, 6) is 0.253. The van der Waals surface area contributed by atoms with Gasteiger partial charge >= 0.3 is 5.97 Å². The van der Waals surface area contributed by atoms with Crippen LogP contribution in [0.3, 0.4) is 0 Å². The number of hydrogen-bond acceptors (Lipinski definition) is 6. The molecule has 7 nitrogen and oxygen atoms in total. The molecule has 0 bridgehead atoms. The first-order chi connectivity index (χ1) is 12.6. The first kappa shape index (κ1) is 17.4. The van der Waals surface area contributed by atoms with E-state index in [2.05, 4.69) is 16.2 Å². The van der Waals surface area contributed by atoms with Crippen LogP contribution in [0.2, 0.25) is 0 Å². The lowest BCUT2D eigenvalue weighted by Crippen LogP contribution is -2.06. The van der Waals surface area contributed by atoms with Gasteiger partial charge in [-0.05, 0) is 26.0 Å². The highest BCUT2D eigenvalue weighted by molar-refractivity contribution is 5.94. The zero-order chi connectivity index (χ0) is 18.5. The highest BCUT2D eigenvalue weighted by atomic mass is 16.6. The molecule has 2 heterocycles. The predicted octanol–water partition coefficient (Wildman–Crippen LogP) is 3.56. The summed E-state index contributed by atoms with van der Waals surface area (Å²) in [4.78, 5) is 16.1. The van der Waals surface area contributed by atoms with Gasteiger partial charge in [-0.2, -0.15) is 10.2 Å². The molecule has 0 spiro atoms. The lowest BCUT2D eigenvalue weighted by atomic mass is 10.1. The number of carbonyl (C=O) groups excluding carboxylic acids is 1. The van der Waals surface area contributed by atoms with Crippen molar-refractivity contribution in [1.29, 1.82) is 5.26 Å². The van der Waals surface area contributed by atoms with Gasteiger partial charge in [-0.1, -0.05) is 23.4 Å². The van der Waals surface area contributed by atoms with Gasteiger partial charge in [0.05, 0.1) is 12.5 Å². The van der Waals surface area contributed by atoms with Crippen LogP contribution in [-0.4, -0.2) is 20.7 Å². The van der Waals surface area contributed by atoms with E-state index in [0.29, 0.717) is 18.8 Å². The molecule has 0 aliphatic rings. The van der Waals surface area contributed by atoms with Crippen molar-refractivity contribution in [2.24, 2.45) is 0 Å². The van der Waals surface area contributed by atoms with Gasteiger partial charge in [0, 0.05) is 35.3 Å². The van der Waals surface area contributed by atoms with Crippen LogP contribution in [0.25, 0.3) is 17.0 Å². The number of benzene rings is 1. The summed E-state index contributed by atoms with van der Waals surface area (Å²) in [6.45, 7) is 3.97. The average molecular weight is 350 g/mol. The van der Waals surface area contributed by atoms with Crippen LogP contribution in [0.15, 0.2) is 41.1 Å². The molecule has 0 saturated carbocycles. The predicted molar refractivity (Wildman–Crippen MR) is 94.7 cm³/mol. The molecular weight excluding hydrogens is 332 g/mol. The minimum absolute atomic E-state index is 0.261. The molecule has 2 aromatic heterocycles. The Morgan fingerprint density at radius 1 is 1.46 bits per heavy atom. The maximum atomic E-state index is 12.1. The van der Waals surface area contributed by atoms with E-state index in [1.54, 1.807) is 19.9 Å². The molecule has 1 aromatic carbocycles. The van der Waals surface area contributed by atoms with E-state index in [9.17, 15) is 4.79 Å². The topological polar surface area (TPSA) is 93.9 Å². The third-order valence-corrected chi connectivity index (χ3v) is 3.87. The summed E-state index contributed by atoms with van der Waals surface area (Å²) in [5.41, 5.74) is 1.90. The van der Waals surface area contributed by atoms with Crippen LogP contribution in [-0.2, 0) is 16.1 Å². The molecule has 1 atom stereocenters. The summed E-state index contributed by atoms with van der Waals surface area (Å²) in [6, 6.07) is 10.00. The van der Waals surface area contributed by atoms with Crippen LogP contribution in [0.1, 0.15) is 36.7 Å². The van der Waals surface area contributed by atoms with E-state index >= 15 is 0 Å². The van der Waals surface area contributed by atoms with Gasteiger partial charge in [-0.25, -0.2) is 4.79 Å². The van der Waals surface area contributed by atoms with E-state index in [-0.39, 0.29) is 5.89 Å². The number of esters is 1. The Bertz CT molecular complexity index is 994. The van der Waals surface area contributed by atoms with E-state index in [1.807, 2.05) is 35.0 Å². The van der Waals surface area contributed by atoms with Crippen molar-refractivity contribution in [2.75, 3.05) is 0 Å². The van der Waals surface area contributed by atoms with E-state index in [0.717, 1.165) is 16.5 Å². The van der Waals surface area contributed by atoms with Gasteiger partial charge in [0.15, 0.2) is 11.9 Å². The zero-order valence-electron chi connectivity index (χ0n) is 14.5. The number of rotatable bonds is 6. The second kappa shape index (κ2) is 7.66. The van der Waals surface area contributed by atoms with Crippen molar-refractivity contribution < 1.29 is 14.1 Å². The van der Waals surface area contributed by atoms with Crippen LogP contribution in [0.4, 0.5) is 0 Å². The molecule has 0 N–H and O–H groups in total. The van der Waals surface area contributed by atoms with Gasteiger partial charge in [0.1, 0.15) is 0 Å². The van der Waals surface area contributed by atoms with E-state index in [1.165, 1.54) is 6.08 Å². The number of para-hydroxylation sites is 1. The third-order valence-electron chi connectivity index (χ3n) is 3.87. The molecule has 132 valence electrons. The Morgan fingerprint density at radius 2 is 2.27 bits per heavy atom. The maximum absolute atomic E-state index is 12.1. The number of hydrogen-bond donors (Lipinski definition) is 0. The summed E-state index contributed by atoms with van der Waals surface area (Å²) in [5, 5.41) is 13.5. The summed E-state index contributed by atoms with van der Waals surface area (Å²) >= 11 is 0. The van der Waals surface area contributed by atoms with Crippen molar-refractivity contribution in [2.45, 2.75) is 32.9 Å². The molecule has 0 aliphatic heterocycles. The summed E-state index contributed by atoms with van der Waals surface area (Å²) < 4.78 is 12.3. The standard InChI is InChI=1S/C19H18N4O3/c1-13(19-21-14(2)22-26-19)25-18(24)9-8-15-12-23(11-5-10-20)17-7-4-3-6-16(15)17/h3-4,6-9,12-13H,5,11H2,1-2H3. The van der Waals surface area contributed by atoms with E-state index < -0.39 is 12.1 Å². The van der Waals surface area contributed by atoms with E-state index in [4.69, 9.17) is 14.5 Å². The van der Waals surface area contributed by atoms with Gasteiger partial charge in [0.2, 0.25) is 0 Å². The minimum atomic E-state index is -0.620. The fourth-order valence-electron chi connectivity index (χ4n) is 2.66. The number of carbonyl (C=O) groups is 1. The van der Waals surface area contributed by atoms with Crippen molar-refractivity contribution in [3.8, 4) is 6.07 Å². The van der Waals surface area contributed by atoms with Gasteiger partial charge in [0.25, 0.3) is 5.89 Å². The Balaban J connectivity index is 1.75. The zero-order valence-corrected chi connectivity index (χ0v) is 14.5. The Morgan fingerprint density at radius 3 is 3.00 bits per heavy atom.